The number of nitro groups is 1. The van der Waals surface area contributed by atoms with Gasteiger partial charge in [0.25, 0.3) is 0 Å². The lowest BCUT2D eigenvalue weighted by atomic mass is 10.2. The molecule has 0 saturated carbocycles. The average Bonchev–Trinajstić information content (AvgIpc) is 3.26. The number of anilines is 3. The summed E-state index contributed by atoms with van der Waals surface area (Å²) >= 11 is 0. The summed E-state index contributed by atoms with van der Waals surface area (Å²) in [5.74, 6) is 0.462. The Balaban J connectivity index is 1.45. The molecule has 0 amide bonds. The van der Waals surface area contributed by atoms with Gasteiger partial charge in [-0.25, -0.2) is 0 Å². The summed E-state index contributed by atoms with van der Waals surface area (Å²) < 4.78 is 5.60. The molecule has 0 unspecified atom stereocenters. The Kier molecular flexibility index (Phi) is 6.24. The fraction of sp³-hybridized carbons (Fsp3) is 0.500. The summed E-state index contributed by atoms with van der Waals surface area (Å²) in [6.07, 6.45) is 2.12. The highest BCUT2D eigenvalue weighted by Gasteiger charge is 2.30. The average molecular weight is 413 g/mol. The second-order valence-corrected chi connectivity index (χ2v) is 7.63. The molecule has 0 spiro atoms. The predicted octanol–water partition coefficient (Wildman–Crippen LogP) is 1.88. The zero-order valence-electron chi connectivity index (χ0n) is 16.9. The van der Waals surface area contributed by atoms with E-state index < -0.39 is 4.92 Å². The van der Waals surface area contributed by atoms with Crippen molar-refractivity contribution in [3.05, 3.63) is 46.0 Å². The van der Waals surface area contributed by atoms with Crippen LogP contribution in [0.15, 0.2) is 30.3 Å². The highest BCUT2D eigenvalue weighted by Crippen LogP contribution is 2.32. The summed E-state index contributed by atoms with van der Waals surface area (Å²) in [6.45, 7) is 5.01. The van der Waals surface area contributed by atoms with Crippen LogP contribution in [0.1, 0.15) is 18.4 Å². The van der Waals surface area contributed by atoms with Gasteiger partial charge in [-0.3, -0.25) is 15.0 Å². The van der Waals surface area contributed by atoms with Crippen molar-refractivity contribution >= 4 is 23.3 Å². The Hall–Kier alpha value is -2.98. The molecule has 2 saturated heterocycles. The summed E-state index contributed by atoms with van der Waals surface area (Å²) in [7, 11) is 0. The van der Waals surface area contributed by atoms with Gasteiger partial charge in [0.15, 0.2) is 0 Å². The molecule has 0 radical (unpaired) electrons. The van der Waals surface area contributed by atoms with E-state index in [9.17, 15) is 10.1 Å². The number of piperazine rings is 1. The Bertz CT molecular complexity index is 866. The quantitative estimate of drug-likeness (QED) is 0.517. The smallest absolute Gasteiger partial charge is 0.353 e. The minimum Gasteiger partial charge on any atom is -0.378 e. The third-order valence-corrected chi connectivity index (χ3v) is 5.51. The number of ether oxygens (including phenoxy) is 1. The lowest BCUT2D eigenvalue weighted by Crippen LogP contribution is -2.46. The summed E-state index contributed by atoms with van der Waals surface area (Å²) in [5.41, 5.74) is 6.97. The number of benzene rings is 1. The lowest BCUT2D eigenvalue weighted by molar-refractivity contribution is -0.383. The lowest BCUT2D eigenvalue weighted by Gasteiger charge is -2.35. The first-order chi connectivity index (χ1) is 14.6. The van der Waals surface area contributed by atoms with Crippen LogP contribution in [0.25, 0.3) is 0 Å². The third kappa shape index (κ3) is 4.77. The summed E-state index contributed by atoms with van der Waals surface area (Å²) in [6, 6.07) is 10.3. The van der Waals surface area contributed by atoms with Crippen molar-refractivity contribution < 1.29 is 9.66 Å². The van der Waals surface area contributed by atoms with Gasteiger partial charge in [0.1, 0.15) is 0 Å². The van der Waals surface area contributed by atoms with Crippen molar-refractivity contribution in [2.45, 2.75) is 25.5 Å². The number of aromatic nitrogens is 2. The normalized spacial score (nSPS) is 19.7. The second kappa shape index (κ2) is 9.23. The van der Waals surface area contributed by atoms with Gasteiger partial charge in [-0.05, 0) is 18.4 Å². The van der Waals surface area contributed by atoms with Crippen molar-refractivity contribution in [3.8, 4) is 0 Å². The van der Waals surface area contributed by atoms with Crippen molar-refractivity contribution in [2.24, 2.45) is 0 Å². The first kappa shape index (κ1) is 20.3. The minimum atomic E-state index is -0.495. The fourth-order valence-electron chi connectivity index (χ4n) is 3.90. The van der Waals surface area contributed by atoms with Gasteiger partial charge >= 0.3 is 5.69 Å². The molecule has 4 rings (SSSR count). The summed E-state index contributed by atoms with van der Waals surface area (Å²) in [4.78, 5) is 24.0. The molecule has 1 aromatic heterocycles. The highest BCUT2D eigenvalue weighted by atomic mass is 16.6. The molecule has 30 heavy (non-hydrogen) atoms. The molecule has 3 heterocycles. The first-order valence-corrected chi connectivity index (χ1v) is 10.3. The molecule has 2 aromatic rings. The van der Waals surface area contributed by atoms with Crippen LogP contribution in [-0.2, 0) is 11.3 Å². The molecular formula is C20H27N7O3. The van der Waals surface area contributed by atoms with Crippen molar-refractivity contribution in [2.75, 3.05) is 55.3 Å². The Morgan fingerprint density at radius 3 is 2.63 bits per heavy atom. The molecule has 0 bridgehead atoms. The number of nitrogen functional groups attached to an aromatic ring is 1. The van der Waals surface area contributed by atoms with Crippen molar-refractivity contribution in [1.29, 1.82) is 0 Å². The van der Waals surface area contributed by atoms with Gasteiger partial charge in [-0.1, -0.05) is 30.3 Å². The highest BCUT2D eigenvalue weighted by molar-refractivity contribution is 5.71. The minimum absolute atomic E-state index is 0.106. The van der Waals surface area contributed by atoms with E-state index in [4.69, 9.17) is 10.5 Å². The Morgan fingerprint density at radius 1 is 1.20 bits per heavy atom. The topological polar surface area (TPSA) is 123 Å². The maximum atomic E-state index is 11.6. The van der Waals surface area contributed by atoms with Crippen LogP contribution in [-0.4, -0.2) is 65.2 Å². The van der Waals surface area contributed by atoms with E-state index in [1.54, 1.807) is 0 Å². The molecule has 1 atom stereocenters. The Labute approximate surface area is 175 Å². The second-order valence-electron chi connectivity index (χ2n) is 7.63. The predicted molar refractivity (Wildman–Crippen MR) is 114 cm³/mol. The van der Waals surface area contributed by atoms with E-state index in [0.29, 0.717) is 25.6 Å². The molecule has 2 fully saturated rings. The summed E-state index contributed by atoms with van der Waals surface area (Å²) in [5, 5.41) is 14.8. The van der Waals surface area contributed by atoms with E-state index in [1.807, 2.05) is 23.1 Å². The van der Waals surface area contributed by atoms with Crippen LogP contribution in [0, 0.1) is 10.1 Å². The molecule has 3 N–H and O–H groups in total. The van der Waals surface area contributed by atoms with Gasteiger partial charge in [0.2, 0.25) is 17.6 Å². The molecule has 160 valence electrons. The van der Waals surface area contributed by atoms with E-state index in [1.165, 1.54) is 5.56 Å². The molecule has 0 aliphatic carbocycles. The van der Waals surface area contributed by atoms with E-state index >= 15 is 0 Å². The standard InChI is InChI=1S/C20H27N7O3/c21-18-17(27(28)29)19(24-20(23-18)22-13-16-7-4-12-30-16)26-10-8-25(9-11-26)14-15-5-2-1-3-6-15/h1-3,5-6,16H,4,7-14H2,(H3,21,22,23,24)/t16-/m1/s1. The molecule has 1 aromatic carbocycles. The van der Waals surface area contributed by atoms with Crippen molar-refractivity contribution in [3.63, 3.8) is 0 Å². The van der Waals surface area contributed by atoms with Crippen LogP contribution < -0.4 is 16.0 Å². The first-order valence-electron chi connectivity index (χ1n) is 10.3. The Morgan fingerprint density at radius 2 is 1.97 bits per heavy atom. The maximum absolute atomic E-state index is 11.6. The van der Waals surface area contributed by atoms with E-state index in [2.05, 4.69) is 32.3 Å². The van der Waals surface area contributed by atoms with Crippen molar-refractivity contribution in [1.82, 2.24) is 14.9 Å². The van der Waals surface area contributed by atoms with Crippen LogP contribution in [0.3, 0.4) is 0 Å². The monoisotopic (exact) mass is 413 g/mol. The number of hydrogen-bond acceptors (Lipinski definition) is 9. The molecule has 10 heteroatoms. The number of nitrogens with two attached hydrogens (primary N) is 1. The number of nitrogens with zero attached hydrogens (tertiary/aromatic N) is 5. The zero-order valence-corrected chi connectivity index (χ0v) is 16.9. The van der Waals surface area contributed by atoms with Gasteiger partial charge in [0.05, 0.1) is 11.0 Å². The molecule has 2 aliphatic heterocycles. The van der Waals surface area contributed by atoms with Crippen LogP contribution in [0.4, 0.5) is 23.3 Å². The molecule has 10 nitrogen and oxygen atoms in total. The fourth-order valence-corrected chi connectivity index (χ4v) is 3.90. The zero-order chi connectivity index (χ0) is 20.9. The van der Waals surface area contributed by atoms with Gasteiger partial charge in [0, 0.05) is 45.9 Å². The third-order valence-electron chi connectivity index (χ3n) is 5.51. The van der Waals surface area contributed by atoms with E-state index in [0.717, 1.165) is 39.1 Å². The number of rotatable bonds is 7. The van der Waals surface area contributed by atoms with Crippen LogP contribution >= 0.6 is 0 Å². The van der Waals surface area contributed by atoms with Crippen LogP contribution in [0.5, 0.6) is 0 Å². The van der Waals surface area contributed by atoms with E-state index in [-0.39, 0.29) is 23.4 Å². The largest absolute Gasteiger partial charge is 0.378 e. The van der Waals surface area contributed by atoms with Gasteiger partial charge in [-0.2, -0.15) is 9.97 Å². The molecule has 2 aliphatic rings. The number of hydrogen-bond donors (Lipinski definition) is 2. The molecular weight excluding hydrogens is 386 g/mol. The van der Waals surface area contributed by atoms with Gasteiger partial charge < -0.3 is 20.7 Å². The number of nitrogens with one attached hydrogen (secondary N) is 1. The maximum Gasteiger partial charge on any atom is 0.353 e. The van der Waals surface area contributed by atoms with Gasteiger partial charge in [-0.15, -0.1) is 0 Å². The van der Waals surface area contributed by atoms with Crippen LogP contribution in [0.2, 0.25) is 0 Å². The SMILES string of the molecule is Nc1nc(NC[C@H]2CCCO2)nc(N2CCN(Cc3ccccc3)CC2)c1[N+](=O)[O-].